The van der Waals surface area contributed by atoms with Gasteiger partial charge in [-0.3, -0.25) is 9.59 Å². The van der Waals surface area contributed by atoms with Crippen LogP contribution in [0.4, 0.5) is 0 Å². The molecule has 1 aromatic carbocycles. The van der Waals surface area contributed by atoms with E-state index in [9.17, 15) is 9.59 Å². The lowest BCUT2D eigenvalue weighted by Gasteiger charge is -2.30. The summed E-state index contributed by atoms with van der Waals surface area (Å²) >= 11 is 0. The molecule has 4 rings (SSSR count). The van der Waals surface area contributed by atoms with Crippen molar-refractivity contribution in [2.24, 2.45) is 5.92 Å². The van der Waals surface area contributed by atoms with E-state index in [0.717, 1.165) is 61.2 Å². The molecular formula is C24H33N5O2. The first-order valence-electron chi connectivity index (χ1n) is 11.5. The summed E-state index contributed by atoms with van der Waals surface area (Å²) in [5.74, 6) is 0.596. The highest BCUT2D eigenvalue weighted by atomic mass is 16.2. The van der Waals surface area contributed by atoms with Crippen LogP contribution < -0.4 is 10.9 Å². The van der Waals surface area contributed by atoms with E-state index in [4.69, 9.17) is 0 Å². The summed E-state index contributed by atoms with van der Waals surface area (Å²) in [5.41, 5.74) is 1.46. The fraction of sp³-hybridized carbons (Fsp3) is 0.542. The van der Waals surface area contributed by atoms with Crippen molar-refractivity contribution >= 4 is 27.7 Å². The Morgan fingerprint density at radius 2 is 2.06 bits per heavy atom. The lowest BCUT2D eigenvalue weighted by molar-refractivity contribution is -0.121. The molecule has 31 heavy (non-hydrogen) atoms. The van der Waals surface area contributed by atoms with Gasteiger partial charge in [-0.1, -0.05) is 32.0 Å². The zero-order valence-electron chi connectivity index (χ0n) is 18.6. The van der Waals surface area contributed by atoms with Gasteiger partial charge in [0.15, 0.2) is 0 Å². The summed E-state index contributed by atoms with van der Waals surface area (Å²) in [5, 5.41) is 9.13. The Kier molecular flexibility index (Phi) is 6.70. The lowest BCUT2D eigenvalue weighted by atomic mass is 10.0. The maximum atomic E-state index is 13.2. The molecule has 7 nitrogen and oxygen atoms in total. The highest BCUT2D eigenvalue weighted by Crippen LogP contribution is 2.26. The molecule has 1 atom stereocenters. The fourth-order valence-corrected chi connectivity index (χ4v) is 4.77. The average Bonchev–Trinajstić information content (AvgIpc) is 3.08. The summed E-state index contributed by atoms with van der Waals surface area (Å²) < 4.78 is 3.34. The summed E-state index contributed by atoms with van der Waals surface area (Å²) in [6, 6.07) is 8.01. The van der Waals surface area contributed by atoms with Crippen LogP contribution in [0.3, 0.4) is 0 Å². The molecule has 3 aromatic rings. The number of aryl methyl sites for hydroxylation is 1. The number of piperidine rings is 1. The van der Waals surface area contributed by atoms with Gasteiger partial charge in [-0.2, -0.15) is 5.10 Å². The maximum Gasteiger partial charge on any atom is 0.291 e. The second kappa shape index (κ2) is 9.64. The zero-order valence-corrected chi connectivity index (χ0v) is 18.6. The minimum atomic E-state index is -0.209. The molecule has 1 N–H and O–H groups in total. The number of aromatic nitrogens is 3. The van der Waals surface area contributed by atoms with Crippen LogP contribution in [0, 0.1) is 5.92 Å². The molecule has 0 bridgehead atoms. The molecular weight excluding hydrogens is 390 g/mol. The van der Waals surface area contributed by atoms with Crippen molar-refractivity contribution in [3.05, 3.63) is 40.8 Å². The molecule has 2 aromatic heterocycles. The predicted octanol–water partition coefficient (Wildman–Crippen LogP) is 3.00. The number of hydrogen-bond acceptors (Lipinski definition) is 4. The molecule has 0 spiro atoms. The first kappa shape index (κ1) is 21.6. The van der Waals surface area contributed by atoms with Crippen molar-refractivity contribution < 1.29 is 4.79 Å². The lowest BCUT2D eigenvalue weighted by Crippen LogP contribution is -2.38. The average molecular weight is 424 g/mol. The Balaban J connectivity index is 1.43. The highest BCUT2D eigenvalue weighted by Gasteiger charge is 2.17. The number of nitrogens with one attached hydrogen (secondary N) is 1. The number of carbonyl (C=O) groups excluding carboxylic acids is 1. The van der Waals surface area contributed by atoms with Gasteiger partial charge in [0.25, 0.3) is 5.56 Å². The molecule has 1 fully saturated rings. The van der Waals surface area contributed by atoms with Gasteiger partial charge in [-0.15, -0.1) is 0 Å². The minimum absolute atomic E-state index is 0.0524. The van der Waals surface area contributed by atoms with Crippen LogP contribution in [-0.2, 0) is 17.9 Å². The van der Waals surface area contributed by atoms with E-state index >= 15 is 0 Å². The number of nitrogens with zero attached hydrogens (tertiary/aromatic N) is 4. The Morgan fingerprint density at radius 1 is 1.23 bits per heavy atom. The molecule has 0 radical (unpaired) electrons. The molecule has 0 unspecified atom stereocenters. The number of rotatable bonds is 8. The van der Waals surface area contributed by atoms with E-state index in [-0.39, 0.29) is 18.0 Å². The van der Waals surface area contributed by atoms with Crippen LogP contribution in [0.2, 0.25) is 0 Å². The van der Waals surface area contributed by atoms with Gasteiger partial charge in [0.1, 0.15) is 12.1 Å². The molecule has 0 saturated carbocycles. The van der Waals surface area contributed by atoms with Crippen LogP contribution in [0.5, 0.6) is 0 Å². The summed E-state index contributed by atoms with van der Waals surface area (Å²) in [4.78, 5) is 28.1. The zero-order chi connectivity index (χ0) is 21.8. The number of benzene rings is 1. The maximum absolute atomic E-state index is 13.2. The highest BCUT2D eigenvalue weighted by molar-refractivity contribution is 6.07. The first-order chi connectivity index (χ1) is 15.1. The van der Waals surface area contributed by atoms with E-state index in [2.05, 4.69) is 33.7 Å². The second-order valence-electron chi connectivity index (χ2n) is 8.79. The van der Waals surface area contributed by atoms with Crippen molar-refractivity contribution in [1.29, 1.82) is 0 Å². The van der Waals surface area contributed by atoms with Gasteiger partial charge in [-0.25, -0.2) is 4.68 Å². The molecule has 1 saturated heterocycles. The van der Waals surface area contributed by atoms with E-state index in [1.54, 1.807) is 6.20 Å². The summed E-state index contributed by atoms with van der Waals surface area (Å²) in [6.45, 7) is 9.03. The topological polar surface area (TPSA) is 72.2 Å². The smallest absolute Gasteiger partial charge is 0.291 e. The van der Waals surface area contributed by atoms with Crippen molar-refractivity contribution in [1.82, 2.24) is 24.6 Å². The quantitative estimate of drug-likeness (QED) is 0.566. The number of hydrogen-bond donors (Lipinski definition) is 1. The number of amides is 1. The second-order valence-corrected chi connectivity index (χ2v) is 8.79. The molecule has 0 aliphatic carbocycles. The molecule has 166 valence electrons. The van der Waals surface area contributed by atoms with Crippen LogP contribution >= 0.6 is 0 Å². The van der Waals surface area contributed by atoms with Gasteiger partial charge >= 0.3 is 0 Å². The van der Waals surface area contributed by atoms with Crippen molar-refractivity contribution in [3.8, 4) is 0 Å². The third-order valence-corrected chi connectivity index (χ3v) is 6.23. The molecule has 7 heteroatoms. The number of para-hydroxylation sites is 1. The van der Waals surface area contributed by atoms with Crippen molar-refractivity contribution in [3.63, 3.8) is 0 Å². The molecule has 1 aliphatic rings. The van der Waals surface area contributed by atoms with Gasteiger partial charge < -0.3 is 14.8 Å². The van der Waals surface area contributed by atoms with Crippen molar-refractivity contribution in [2.45, 2.75) is 52.6 Å². The van der Waals surface area contributed by atoms with E-state index < -0.39 is 0 Å². The predicted molar refractivity (Wildman–Crippen MR) is 124 cm³/mol. The normalized spacial score (nSPS) is 17.4. The fourth-order valence-electron chi connectivity index (χ4n) is 4.77. The van der Waals surface area contributed by atoms with Crippen LogP contribution in [0.1, 0.15) is 39.5 Å². The van der Waals surface area contributed by atoms with E-state index in [1.807, 2.05) is 24.3 Å². The standard InChI is InChI=1S/C24H33N5O2/c1-3-12-28-21-10-5-4-9-19(21)20-15-26-29(24(31)23(20)28)17-22(30)25-11-7-14-27-13-6-8-18(2)16-27/h4-5,9-10,15,18H,3,6-8,11-14,16-17H2,1-2H3,(H,25,30)/t18-/m1/s1. The monoisotopic (exact) mass is 423 g/mol. The van der Waals surface area contributed by atoms with E-state index in [1.165, 1.54) is 17.5 Å². The number of fused-ring (bicyclic) bond motifs is 3. The Hall–Kier alpha value is -2.67. The third-order valence-electron chi connectivity index (χ3n) is 6.23. The summed E-state index contributed by atoms with van der Waals surface area (Å²) in [7, 11) is 0. The summed E-state index contributed by atoms with van der Waals surface area (Å²) in [6.07, 6.45) is 6.14. The van der Waals surface area contributed by atoms with Gasteiger partial charge in [0, 0.05) is 35.9 Å². The van der Waals surface area contributed by atoms with E-state index in [0.29, 0.717) is 12.1 Å². The third kappa shape index (κ3) is 4.66. The number of likely N-dealkylation sites (tertiary alicyclic amines) is 1. The van der Waals surface area contributed by atoms with Crippen molar-refractivity contribution in [2.75, 3.05) is 26.2 Å². The van der Waals surface area contributed by atoms with Crippen LogP contribution in [0.25, 0.3) is 21.8 Å². The van der Waals surface area contributed by atoms with Gasteiger partial charge in [0.05, 0.1) is 6.20 Å². The van der Waals surface area contributed by atoms with Crippen LogP contribution in [0.15, 0.2) is 35.3 Å². The Labute approximate surface area is 183 Å². The minimum Gasteiger partial charge on any atom is -0.354 e. The molecule has 1 aliphatic heterocycles. The largest absolute Gasteiger partial charge is 0.354 e. The Morgan fingerprint density at radius 3 is 2.87 bits per heavy atom. The molecule has 3 heterocycles. The van der Waals surface area contributed by atoms with Gasteiger partial charge in [-0.05, 0) is 50.8 Å². The van der Waals surface area contributed by atoms with Gasteiger partial charge in [0.2, 0.25) is 5.91 Å². The Bertz CT molecular complexity index is 1120. The first-order valence-corrected chi connectivity index (χ1v) is 11.5. The SMILES string of the molecule is CCCn1c2ccccc2c2cnn(CC(=O)NCCCN3CCC[C@@H](C)C3)c(=O)c21. The number of carbonyl (C=O) groups is 1. The molecule has 1 amide bonds. The van der Waals surface area contributed by atoms with Crippen LogP contribution in [-0.4, -0.2) is 51.3 Å².